The Balaban J connectivity index is 1.60. The lowest BCUT2D eigenvalue weighted by Crippen LogP contribution is -2.39. The average Bonchev–Trinajstić information content (AvgIpc) is 3.23. The van der Waals surface area contributed by atoms with Gasteiger partial charge in [0.05, 0.1) is 31.0 Å². The van der Waals surface area contributed by atoms with Crippen LogP contribution >= 0.6 is 11.6 Å². The van der Waals surface area contributed by atoms with Gasteiger partial charge in [0.2, 0.25) is 0 Å². The molecule has 0 radical (unpaired) electrons. The average molecular weight is 595 g/mol. The number of anilines is 1. The lowest BCUT2D eigenvalue weighted by molar-refractivity contribution is -0.119. The van der Waals surface area contributed by atoms with Gasteiger partial charge in [0.25, 0.3) is 15.9 Å². The zero-order chi connectivity index (χ0) is 29.7. The summed E-state index contributed by atoms with van der Waals surface area (Å²) in [6.45, 7) is 5.23. The number of rotatable bonds is 10. The second-order valence-electron chi connectivity index (χ2n) is 9.30. The maximum atomic E-state index is 13.7. The smallest absolute Gasteiger partial charge is 0.264 e. The molecule has 0 aliphatic carbocycles. The Kier molecular flexibility index (Phi) is 9.05. The minimum Gasteiger partial charge on any atom is -0.493 e. The van der Waals surface area contributed by atoms with Crippen LogP contribution in [-0.2, 0) is 14.8 Å². The number of nitrogens with one attached hydrogen (secondary N) is 1. The Morgan fingerprint density at radius 2 is 1.68 bits per heavy atom. The number of sulfonamides is 1. The molecular formula is C30H31ClN4O5S. The first-order chi connectivity index (χ1) is 19.5. The molecule has 214 valence electrons. The van der Waals surface area contributed by atoms with Crippen molar-refractivity contribution in [3.63, 3.8) is 0 Å². The number of carbonyl (C=O) groups excluding carboxylic acids is 1. The van der Waals surface area contributed by atoms with Gasteiger partial charge in [0, 0.05) is 33.7 Å². The number of benzene rings is 3. The summed E-state index contributed by atoms with van der Waals surface area (Å²) in [6.07, 6.45) is 1.52. The van der Waals surface area contributed by atoms with Crippen LogP contribution in [0.5, 0.6) is 11.5 Å². The highest BCUT2D eigenvalue weighted by Gasteiger charge is 2.28. The summed E-state index contributed by atoms with van der Waals surface area (Å²) in [5.74, 6) is 0.117. The molecule has 0 unspecified atom stereocenters. The number of amides is 1. The molecule has 0 atom stereocenters. The molecule has 9 nitrogen and oxygen atoms in total. The van der Waals surface area contributed by atoms with Crippen molar-refractivity contribution in [2.45, 2.75) is 25.7 Å². The van der Waals surface area contributed by atoms with E-state index in [1.54, 1.807) is 24.3 Å². The van der Waals surface area contributed by atoms with Crippen LogP contribution in [0.1, 0.15) is 22.5 Å². The molecule has 1 N–H and O–H groups in total. The van der Waals surface area contributed by atoms with Gasteiger partial charge >= 0.3 is 0 Å². The van der Waals surface area contributed by atoms with Crippen molar-refractivity contribution in [1.82, 2.24) is 9.99 Å². The quantitative estimate of drug-likeness (QED) is 0.195. The summed E-state index contributed by atoms with van der Waals surface area (Å²) >= 11 is 6.17. The predicted octanol–water partition coefficient (Wildman–Crippen LogP) is 5.42. The van der Waals surface area contributed by atoms with Crippen molar-refractivity contribution < 1.29 is 22.7 Å². The highest BCUT2D eigenvalue weighted by atomic mass is 35.5. The van der Waals surface area contributed by atoms with Gasteiger partial charge in [-0.05, 0) is 69.3 Å². The molecule has 0 aliphatic heterocycles. The monoisotopic (exact) mass is 594 g/mol. The van der Waals surface area contributed by atoms with E-state index in [1.807, 2.05) is 55.7 Å². The second-order valence-corrected chi connectivity index (χ2v) is 11.6. The van der Waals surface area contributed by atoms with Crippen LogP contribution in [0.15, 0.2) is 82.8 Å². The van der Waals surface area contributed by atoms with E-state index in [4.69, 9.17) is 21.1 Å². The first kappa shape index (κ1) is 29.7. The summed E-state index contributed by atoms with van der Waals surface area (Å²) in [5.41, 5.74) is 7.14. The Labute approximate surface area is 245 Å². The number of ether oxygens (including phenoxy) is 2. The second kappa shape index (κ2) is 12.5. The van der Waals surface area contributed by atoms with Gasteiger partial charge < -0.3 is 14.0 Å². The van der Waals surface area contributed by atoms with E-state index in [0.717, 1.165) is 32.5 Å². The fourth-order valence-electron chi connectivity index (χ4n) is 4.40. The molecule has 0 saturated heterocycles. The number of hydrazone groups is 1. The van der Waals surface area contributed by atoms with E-state index >= 15 is 0 Å². The van der Waals surface area contributed by atoms with Gasteiger partial charge in [0.1, 0.15) is 6.54 Å². The van der Waals surface area contributed by atoms with Crippen LogP contribution in [0, 0.1) is 20.8 Å². The van der Waals surface area contributed by atoms with Gasteiger partial charge in [-0.15, -0.1) is 0 Å². The van der Waals surface area contributed by atoms with Gasteiger partial charge in [-0.2, -0.15) is 5.10 Å². The van der Waals surface area contributed by atoms with Gasteiger partial charge in [-0.3, -0.25) is 9.10 Å². The molecule has 4 aromatic rings. The standard InChI is InChI=1S/C30H31ClN4O5S/c1-20-9-12-27(13-10-20)41(37,38)34(25-11-14-28(39-4)29(17-25)40-5)19-30(36)33-32-18-23-15-21(2)35(22(23)3)26-8-6-7-24(31)16-26/h6-18H,19H2,1-5H3,(H,33,36)/b32-18+. The molecular weight excluding hydrogens is 564 g/mol. The van der Waals surface area contributed by atoms with Crippen LogP contribution in [-0.4, -0.2) is 45.9 Å². The molecule has 1 heterocycles. The molecule has 0 saturated carbocycles. The van der Waals surface area contributed by atoms with Crippen molar-refractivity contribution in [1.29, 1.82) is 0 Å². The lowest BCUT2D eigenvalue weighted by atomic mass is 10.2. The molecule has 41 heavy (non-hydrogen) atoms. The highest BCUT2D eigenvalue weighted by molar-refractivity contribution is 7.92. The van der Waals surface area contributed by atoms with E-state index in [9.17, 15) is 13.2 Å². The lowest BCUT2D eigenvalue weighted by Gasteiger charge is -2.24. The first-order valence-corrected chi connectivity index (χ1v) is 14.4. The van der Waals surface area contributed by atoms with E-state index in [0.29, 0.717) is 16.5 Å². The van der Waals surface area contributed by atoms with Crippen LogP contribution in [0.2, 0.25) is 5.02 Å². The fourth-order valence-corrected chi connectivity index (χ4v) is 6.00. The normalized spacial score (nSPS) is 11.5. The largest absolute Gasteiger partial charge is 0.493 e. The van der Waals surface area contributed by atoms with Gasteiger partial charge in [-0.25, -0.2) is 13.8 Å². The molecule has 0 aliphatic rings. The van der Waals surface area contributed by atoms with Crippen molar-refractivity contribution in [3.05, 3.63) is 100 Å². The molecule has 3 aromatic carbocycles. The minimum atomic E-state index is -4.12. The molecule has 11 heteroatoms. The molecule has 0 bridgehead atoms. The Morgan fingerprint density at radius 3 is 2.34 bits per heavy atom. The number of carbonyl (C=O) groups is 1. The minimum absolute atomic E-state index is 0.0441. The molecule has 0 fully saturated rings. The van der Waals surface area contributed by atoms with Crippen LogP contribution in [0.4, 0.5) is 5.69 Å². The number of methoxy groups -OCH3 is 2. The number of nitrogens with zero attached hydrogens (tertiary/aromatic N) is 3. The zero-order valence-corrected chi connectivity index (χ0v) is 25.0. The zero-order valence-electron chi connectivity index (χ0n) is 23.4. The molecule has 4 rings (SSSR count). The summed E-state index contributed by atoms with van der Waals surface area (Å²) in [4.78, 5) is 13.1. The number of aryl methyl sites for hydroxylation is 2. The fraction of sp³-hybridized carbons (Fsp3) is 0.200. The van der Waals surface area contributed by atoms with E-state index < -0.39 is 22.5 Å². The van der Waals surface area contributed by atoms with E-state index in [2.05, 4.69) is 10.5 Å². The predicted molar refractivity (Wildman–Crippen MR) is 161 cm³/mol. The van der Waals surface area contributed by atoms with Crippen molar-refractivity contribution in [2.24, 2.45) is 5.10 Å². The van der Waals surface area contributed by atoms with Crippen LogP contribution in [0.3, 0.4) is 0 Å². The topological polar surface area (TPSA) is 102 Å². The van der Waals surface area contributed by atoms with Crippen LogP contribution in [0.25, 0.3) is 5.69 Å². The Hall–Kier alpha value is -4.28. The van der Waals surface area contributed by atoms with E-state index in [-0.39, 0.29) is 10.6 Å². The molecule has 1 amide bonds. The van der Waals surface area contributed by atoms with Crippen LogP contribution < -0.4 is 19.2 Å². The maximum Gasteiger partial charge on any atom is 0.264 e. The van der Waals surface area contributed by atoms with E-state index in [1.165, 1.54) is 38.6 Å². The highest BCUT2D eigenvalue weighted by Crippen LogP contribution is 2.34. The van der Waals surface area contributed by atoms with Gasteiger partial charge in [0.15, 0.2) is 11.5 Å². The number of halogens is 1. The summed E-state index contributed by atoms with van der Waals surface area (Å²) in [7, 11) is -1.19. The summed E-state index contributed by atoms with van der Waals surface area (Å²) < 4.78 is 41.1. The first-order valence-electron chi connectivity index (χ1n) is 12.6. The maximum absolute atomic E-state index is 13.7. The SMILES string of the molecule is COc1ccc(N(CC(=O)N/N=C/c2cc(C)n(-c3cccc(Cl)c3)c2C)S(=O)(=O)c2ccc(C)cc2)cc1OC. The van der Waals surface area contributed by atoms with Crippen molar-refractivity contribution in [3.8, 4) is 17.2 Å². The third-order valence-electron chi connectivity index (χ3n) is 6.48. The third-order valence-corrected chi connectivity index (χ3v) is 8.50. The molecule has 0 spiro atoms. The Morgan fingerprint density at radius 1 is 0.976 bits per heavy atom. The molecule has 1 aromatic heterocycles. The van der Waals surface area contributed by atoms with Crippen molar-refractivity contribution >= 4 is 39.4 Å². The Bertz CT molecular complexity index is 1700. The number of hydrogen-bond donors (Lipinski definition) is 1. The summed E-state index contributed by atoms with van der Waals surface area (Å²) in [6, 6.07) is 20.5. The third kappa shape index (κ3) is 6.55. The number of hydrogen-bond acceptors (Lipinski definition) is 6. The van der Waals surface area contributed by atoms with Crippen molar-refractivity contribution in [2.75, 3.05) is 25.1 Å². The number of aromatic nitrogens is 1. The van der Waals surface area contributed by atoms with Gasteiger partial charge in [-0.1, -0.05) is 35.4 Å². The summed E-state index contributed by atoms with van der Waals surface area (Å²) in [5, 5.41) is 4.73.